The van der Waals surface area contributed by atoms with Crippen LogP contribution in [0.1, 0.15) is 0 Å². The number of aromatic nitrogens is 4. The van der Waals surface area contributed by atoms with Gasteiger partial charge in [0.15, 0.2) is 5.65 Å². The van der Waals surface area contributed by atoms with Gasteiger partial charge in [0.05, 0.1) is 33.3 Å². The maximum atomic E-state index is 14.0. The summed E-state index contributed by atoms with van der Waals surface area (Å²) in [6, 6.07) is 49.7. The van der Waals surface area contributed by atoms with E-state index in [4.69, 9.17) is 4.98 Å². The smallest absolute Gasteiger partial charge is 0.309 e. The predicted octanol–water partition coefficient (Wildman–Crippen LogP) is 8.56. The number of hydrogen-bond acceptors (Lipinski definition) is 2. The molecule has 5 heteroatoms. The molecule has 0 saturated heterocycles. The van der Waals surface area contributed by atoms with Crippen molar-refractivity contribution >= 4 is 49.4 Å². The number of hydrogen-bond donors (Lipinski definition) is 0. The fourth-order valence-electron chi connectivity index (χ4n) is 6.53. The third kappa shape index (κ3) is 3.45. The quantitative estimate of drug-likeness (QED) is 0.220. The van der Waals surface area contributed by atoms with Gasteiger partial charge >= 0.3 is 5.69 Å². The first-order valence-electron chi connectivity index (χ1n) is 14.4. The summed E-state index contributed by atoms with van der Waals surface area (Å²) in [6.07, 6.45) is 0. The molecule has 0 spiro atoms. The summed E-state index contributed by atoms with van der Waals surface area (Å²) in [4.78, 5) is 19.1. The number of nitrogens with zero attached hydrogens (tertiary/aromatic N) is 4. The van der Waals surface area contributed by atoms with Gasteiger partial charge in [-0.2, -0.15) is 0 Å². The van der Waals surface area contributed by atoms with Gasteiger partial charge < -0.3 is 4.57 Å². The van der Waals surface area contributed by atoms with Gasteiger partial charge in [0.2, 0.25) is 0 Å². The third-order valence-corrected chi connectivity index (χ3v) is 8.46. The molecule has 6 aromatic carbocycles. The van der Waals surface area contributed by atoms with Crippen molar-refractivity contribution in [3.8, 4) is 22.5 Å². The molecular formula is C38H24N4O. The summed E-state index contributed by atoms with van der Waals surface area (Å²) in [5.74, 6) is 0. The van der Waals surface area contributed by atoms with Crippen molar-refractivity contribution in [2.45, 2.75) is 0 Å². The summed E-state index contributed by atoms with van der Waals surface area (Å²) in [5, 5.41) is 3.34. The van der Waals surface area contributed by atoms with Crippen LogP contribution in [0, 0.1) is 0 Å². The molecule has 0 aliphatic rings. The Bertz CT molecular complexity index is 2570. The molecular weight excluding hydrogens is 528 g/mol. The van der Waals surface area contributed by atoms with E-state index in [1.165, 1.54) is 16.3 Å². The summed E-state index contributed by atoms with van der Waals surface area (Å²) in [6.45, 7) is 0. The van der Waals surface area contributed by atoms with Crippen LogP contribution in [0.25, 0.3) is 71.9 Å². The second-order valence-corrected chi connectivity index (χ2v) is 10.9. The average Bonchev–Trinajstić information content (AvgIpc) is 3.62. The normalized spacial score (nSPS) is 11.8. The Morgan fingerprint density at radius 1 is 0.442 bits per heavy atom. The Labute approximate surface area is 246 Å². The first-order valence-corrected chi connectivity index (χ1v) is 14.4. The Kier molecular flexibility index (Phi) is 4.98. The number of rotatable bonds is 3. The molecule has 0 bridgehead atoms. The van der Waals surface area contributed by atoms with Crippen molar-refractivity contribution in [1.82, 2.24) is 18.5 Å². The molecule has 0 aliphatic heterocycles. The maximum Gasteiger partial charge on any atom is 0.339 e. The van der Waals surface area contributed by atoms with Gasteiger partial charge in [0, 0.05) is 21.8 Å². The predicted molar refractivity (Wildman–Crippen MR) is 176 cm³/mol. The Hall–Kier alpha value is -5.94. The minimum absolute atomic E-state index is 0.134. The molecule has 0 N–H and O–H groups in total. The van der Waals surface area contributed by atoms with E-state index in [1.807, 2.05) is 66.7 Å². The fourth-order valence-corrected chi connectivity index (χ4v) is 6.53. The van der Waals surface area contributed by atoms with Gasteiger partial charge in [0.25, 0.3) is 0 Å². The molecule has 9 aromatic rings. The third-order valence-electron chi connectivity index (χ3n) is 8.46. The van der Waals surface area contributed by atoms with Crippen molar-refractivity contribution in [2.75, 3.05) is 0 Å². The molecule has 0 atom stereocenters. The van der Waals surface area contributed by atoms with Crippen LogP contribution >= 0.6 is 0 Å². The van der Waals surface area contributed by atoms with Crippen LogP contribution in [0.3, 0.4) is 0 Å². The molecule has 5 nitrogen and oxygen atoms in total. The van der Waals surface area contributed by atoms with Crippen molar-refractivity contribution in [1.29, 1.82) is 0 Å². The zero-order valence-electron chi connectivity index (χ0n) is 23.1. The summed E-state index contributed by atoms with van der Waals surface area (Å²) in [7, 11) is 0. The van der Waals surface area contributed by atoms with Crippen LogP contribution in [0.15, 0.2) is 150 Å². The van der Waals surface area contributed by atoms with Crippen LogP contribution < -0.4 is 5.69 Å². The Morgan fingerprint density at radius 2 is 0.977 bits per heavy atom. The van der Waals surface area contributed by atoms with Crippen molar-refractivity contribution < 1.29 is 0 Å². The molecule has 0 saturated carbocycles. The monoisotopic (exact) mass is 552 g/mol. The summed E-state index contributed by atoms with van der Waals surface area (Å²) in [5.41, 5.74) is 9.42. The molecule has 0 radical (unpaired) electrons. The highest BCUT2D eigenvalue weighted by atomic mass is 16.1. The first kappa shape index (κ1) is 23.7. The molecule has 9 rings (SSSR count). The number of fused-ring (bicyclic) bond motifs is 8. The minimum atomic E-state index is -0.134. The van der Waals surface area contributed by atoms with Gasteiger partial charge in [-0.25, -0.2) is 14.2 Å². The lowest BCUT2D eigenvalue weighted by Gasteiger charge is -2.11. The van der Waals surface area contributed by atoms with E-state index in [-0.39, 0.29) is 5.69 Å². The highest BCUT2D eigenvalue weighted by Gasteiger charge is 2.18. The Morgan fingerprint density at radius 3 is 1.70 bits per heavy atom. The molecule has 0 fully saturated rings. The van der Waals surface area contributed by atoms with Crippen molar-refractivity contribution in [2.24, 2.45) is 0 Å². The van der Waals surface area contributed by atoms with E-state index in [2.05, 4.69) is 83.4 Å². The number of para-hydroxylation sites is 4. The molecule has 202 valence electrons. The van der Waals surface area contributed by atoms with E-state index in [0.717, 1.165) is 50.0 Å². The van der Waals surface area contributed by atoms with E-state index >= 15 is 0 Å². The highest BCUT2D eigenvalue weighted by Crippen LogP contribution is 2.35. The lowest BCUT2D eigenvalue weighted by atomic mass is 10.0. The topological polar surface area (TPSA) is 44.2 Å². The SMILES string of the molecule is O=c1n(-c2ccccc2)c2ccccc2c2nc3cc(-c4ccc5c(c4)c4ccccc4n5-c4ccccc4)ccc3n12. The van der Waals surface area contributed by atoms with Gasteiger partial charge in [-0.3, -0.25) is 4.57 Å². The maximum absolute atomic E-state index is 14.0. The van der Waals surface area contributed by atoms with E-state index in [9.17, 15) is 4.79 Å². The minimum Gasteiger partial charge on any atom is -0.309 e. The first-order chi connectivity index (χ1) is 21.3. The second-order valence-electron chi connectivity index (χ2n) is 10.9. The second kappa shape index (κ2) is 9.03. The highest BCUT2D eigenvalue weighted by molar-refractivity contribution is 6.10. The zero-order chi connectivity index (χ0) is 28.5. The lowest BCUT2D eigenvalue weighted by Crippen LogP contribution is -2.25. The van der Waals surface area contributed by atoms with Crippen LogP contribution in [0.5, 0.6) is 0 Å². The molecule has 43 heavy (non-hydrogen) atoms. The van der Waals surface area contributed by atoms with Gasteiger partial charge in [0.1, 0.15) is 0 Å². The summed E-state index contributed by atoms with van der Waals surface area (Å²) < 4.78 is 5.83. The molecule has 0 amide bonds. The molecule has 3 heterocycles. The van der Waals surface area contributed by atoms with Gasteiger partial charge in [-0.1, -0.05) is 78.9 Å². The van der Waals surface area contributed by atoms with Gasteiger partial charge in [-0.15, -0.1) is 0 Å². The standard InChI is InChI=1S/C38H24N4O/c43-38-41(28-13-5-2-6-14-28)34-18-10-8-16-30(34)37-39-32-24-26(20-22-36(32)42(37)38)25-19-21-35-31(23-25)29-15-7-9-17-33(29)40(35)27-11-3-1-4-12-27/h1-24H. The molecule has 0 aliphatic carbocycles. The van der Waals surface area contributed by atoms with Crippen molar-refractivity contribution in [3.63, 3.8) is 0 Å². The Balaban J connectivity index is 1.27. The number of benzene rings is 6. The molecule has 0 unspecified atom stereocenters. The summed E-state index contributed by atoms with van der Waals surface area (Å²) >= 11 is 0. The number of imidazole rings is 1. The van der Waals surface area contributed by atoms with E-state index < -0.39 is 0 Å². The van der Waals surface area contributed by atoms with Gasteiger partial charge in [-0.05, 0) is 77.9 Å². The lowest BCUT2D eigenvalue weighted by molar-refractivity contribution is 0.932. The molecule has 3 aromatic heterocycles. The average molecular weight is 553 g/mol. The van der Waals surface area contributed by atoms with Crippen molar-refractivity contribution in [3.05, 3.63) is 156 Å². The zero-order valence-corrected chi connectivity index (χ0v) is 23.1. The van der Waals surface area contributed by atoms with E-state index in [0.29, 0.717) is 5.65 Å². The van der Waals surface area contributed by atoms with E-state index in [1.54, 1.807) is 8.97 Å². The van der Waals surface area contributed by atoms with Crippen LogP contribution in [0.4, 0.5) is 0 Å². The fraction of sp³-hybridized carbons (Fsp3) is 0. The van der Waals surface area contributed by atoms with Crippen LogP contribution in [-0.2, 0) is 0 Å². The van der Waals surface area contributed by atoms with Crippen LogP contribution in [-0.4, -0.2) is 18.5 Å². The van der Waals surface area contributed by atoms with Crippen LogP contribution in [0.2, 0.25) is 0 Å². The largest absolute Gasteiger partial charge is 0.339 e.